The quantitative estimate of drug-likeness (QED) is 0.838. The molecule has 0 spiro atoms. The summed E-state index contributed by atoms with van der Waals surface area (Å²) in [6, 6.07) is 6.41. The van der Waals surface area contributed by atoms with Crippen LogP contribution in [0.2, 0.25) is 0 Å². The molecule has 112 valence electrons. The Hall–Kier alpha value is -1.15. The van der Waals surface area contributed by atoms with Crippen molar-refractivity contribution in [3.05, 3.63) is 24.3 Å². The molecule has 1 aliphatic heterocycles. The lowest BCUT2D eigenvalue weighted by atomic mass is 10.0. The van der Waals surface area contributed by atoms with Gasteiger partial charge in [-0.05, 0) is 38.1 Å². The monoisotopic (exact) mass is 300 g/mol. The highest BCUT2D eigenvalue weighted by atomic mass is 32.2. The lowest BCUT2D eigenvalue weighted by Gasteiger charge is -2.43. The highest BCUT2D eigenvalue weighted by Gasteiger charge is 2.33. The first kappa shape index (κ1) is 15.2. The molecule has 1 heterocycles. The van der Waals surface area contributed by atoms with E-state index in [1.54, 1.807) is 12.1 Å². The molecule has 1 fully saturated rings. The lowest BCUT2D eigenvalue weighted by molar-refractivity contribution is -0.101. The van der Waals surface area contributed by atoms with E-state index in [9.17, 15) is 13.5 Å². The zero-order valence-corrected chi connectivity index (χ0v) is 12.4. The van der Waals surface area contributed by atoms with Crippen LogP contribution in [0, 0.1) is 0 Å². The highest BCUT2D eigenvalue weighted by Crippen LogP contribution is 2.26. The average Bonchev–Trinajstić information content (AvgIpc) is 2.36. The van der Waals surface area contributed by atoms with Crippen molar-refractivity contribution < 1.29 is 18.3 Å². The molecule has 6 nitrogen and oxygen atoms in total. The maximum atomic E-state index is 11.2. The fourth-order valence-electron chi connectivity index (χ4n) is 2.43. The average molecular weight is 300 g/mol. The Morgan fingerprint density at radius 3 is 2.50 bits per heavy atom. The molecule has 1 aliphatic rings. The second-order valence-electron chi connectivity index (χ2n) is 5.60. The van der Waals surface area contributed by atoms with Gasteiger partial charge in [-0.3, -0.25) is 0 Å². The van der Waals surface area contributed by atoms with Gasteiger partial charge < -0.3 is 14.7 Å². The number of hydrogen-bond donors (Lipinski definition) is 2. The minimum Gasteiger partial charge on any atom is -0.394 e. The minimum atomic E-state index is -3.67. The number of anilines is 1. The molecule has 0 aromatic heterocycles. The van der Waals surface area contributed by atoms with Gasteiger partial charge in [-0.2, -0.15) is 0 Å². The summed E-state index contributed by atoms with van der Waals surface area (Å²) in [6.45, 7) is 5.10. The van der Waals surface area contributed by atoms with Gasteiger partial charge in [0.05, 0.1) is 23.2 Å². The Bertz CT molecular complexity index is 569. The van der Waals surface area contributed by atoms with E-state index in [0.29, 0.717) is 13.1 Å². The summed E-state index contributed by atoms with van der Waals surface area (Å²) in [7, 11) is -3.67. The van der Waals surface area contributed by atoms with Crippen LogP contribution in [0.3, 0.4) is 0 Å². The largest absolute Gasteiger partial charge is 0.394 e. The molecule has 0 radical (unpaired) electrons. The van der Waals surface area contributed by atoms with Gasteiger partial charge in [-0.1, -0.05) is 0 Å². The fourth-order valence-corrected chi connectivity index (χ4v) is 2.95. The Kier molecular flexibility index (Phi) is 4.06. The molecular weight excluding hydrogens is 280 g/mol. The van der Waals surface area contributed by atoms with Crippen molar-refractivity contribution in [1.29, 1.82) is 0 Å². The second-order valence-corrected chi connectivity index (χ2v) is 7.16. The van der Waals surface area contributed by atoms with E-state index in [2.05, 4.69) is 4.90 Å². The van der Waals surface area contributed by atoms with Crippen LogP contribution >= 0.6 is 0 Å². The standard InChI is InChI=1S/C13H20N2O4S/c1-13(2)9-15(7-11(8-16)19-13)10-3-5-12(6-4-10)20(14,17)18/h3-6,11,16H,7-9H2,1-2H3,(H2,14,17,18). The molecule has 20 heavy (non-hydrogen) atoms. The van der Waals surface area contributed by atoms with Crippen molar-refractivity contribution >= 4 is 15.7 Å². The van der Waals surface area contributed by atoms with Gasteiger partial charge in [-0.15, -0.1) is 0 Å². The SMILES string of the molecule is CC1(C)CN(c2ccc(S(N)(=O)=O)cc2)CC(CO)O1. The molecule has 0 aliphatic carbocycles. The number of aliphatic hydroxyl groups is 1. The zero-order valence-electron chi connectivity index (χ0n) is 11.6. The van der Waals surface area contributed by atoms with Gasteiger partial charge >= 0.3 is 0 Å². The Labute approximate surface area is 119 Å². The topological polar surface area (TPSA) is 92.9 Å². The molecular formula is C13H20N2O4S. The third-order valence-corrected chi connectivity index (χ3v) is 4.14. The molecule has 7 heteroatoms. The molecule has 2 rings (SSSR count). The number of ether oxygens (including phenoxy) is 1. The van der Waals surface area contributed by atoms with Crippen LogP contribution in [0.15, 0.2) is 29.2 Å². The van der Waals surface area contributed by atoms with Gasteiger partial charge in [0.2, 0.25) is 10.0 Å². The summed E-state index contributed by atoms with van der Waals surface area (Å²) in [5, 5.41) is 14.4. The van der Waals surface area contributed by atoms with Crippen molar-refractivity contribution in [1.82, 2.24) is 0 Å². The van der Waals surface area contributed by atoms with Crippen molar-refractivity contribution in [2.24, 2.45) is 5.14 Å². The van der Waals surface area contributed by atoms with Crippen LogP contribution in [-0.4, -0.2) is 44.9 Å². The van der Waals surface area contributed by atoms with Crippen LogP contribution < -0.4 is 10.0 Å². The number of nitrogens with zero attached hydrogens (tertiary/aromatic N) is 1. The molecule has 1 saturated heterocycles. The number of nitrogens with two attached hydrogens (primary N) is 1. The number of primary sulfonamides is 1. The Morgan fingerprint density at radius 1 is 1.40 bits per heavy atom. The first-order chi connectivity index (χ1) is 9.21. The van der Waals surface area contributed by atoms with Gasteiger partial charge in [0, 0.05) is 18.8 Å². The van der Waals surface area contributed by atoms with E-state index < -0.39 is 10.0 Å². The van der Waals surface area contributed by atoms with Crippen LogP contribution in [-0.2, 0) is 14.8 Å². The predicted octanol–water partition coefficient (Wildman–Crippen LogP) is 0.310. The second kappa shape index (κ2) is 5.33. The summed E-state index contributed by atoms with van der Waals surface area (Å²) < 4.78 is 28.2. The van der Waals surface area contributed by atoms with Gasteiger partial charge in [0.15, 0.2) is 0 Å². The molecule has 0 amide bonds. The number of benzene rings is 1. The molecule has 1 unspecified atom stereocenters. The molecule has 3 N–H and O–H groups in total. The number of sulfonamides is 1. The van der Waals surface area contributed by atoms with Gasteiger partial charge in [-0.25, -0.2) is 13.6 Å². The summed E-state index contributed by atoms with van der Waals surface area (Å²) >= 11 is 0. The van der Waals surface area contributed by atoms with E-state index in [0.717, 1.165) is 5.69 Å². The van der Waals surface area contributed by atoms with E-state index in [-0.39, 0.29) is 23.2 Å². The summed E-state index contributed by atoms with van der Waals surface area (Å²) in [5.41, 5.74) is 0.511. The minimum absolute atomic E-state index is 0.0464. The third kappa shape index (κ3) is 3.49. The smallest absolute Gasteiger partial charge is 0.238 e. The highest BCUT2D eigenvalue weighted by molar-refractivity contribution is 7.89. The number of rotatable bonds is 3. The fraction of sp³-hybridized carbons (Fsp3) is 0.538. The van der Waals surface area contributed by atoms with Gasteiger partial charge in [0.1, 0.15) is 0 Å². The Balaban J connectivity index is 2.22. The summed E-state index contributed by atoms with van der Waals surface area (Å²) in [6.07, 6.45) is -0.253. The van der Waals surface area contributed by atoms with Crippen LogP contribution in [0.5, 0.6) is 0 Å². The Morgan fingerprint density at radius 2 is 2.00 bits per heavy atom. The molecule has 1 aromatic carbocycles. The number of aliphatic hydroxyl groups excluding tert-OH is 1. The van der Waals surface area contributed by atoms with E-state index in [4.69, 9.17) is 9.88 Å². The maximum absolute atomic E-state index is 11.2. The molecule has 1 atom stereocenters. The van der Waals surface area contributed by atoms with Crippen molar-refractivity contribution in [3.8, 4) is 0 Å². The maximum Gasteiger partial charge on any atom is 0.238 e. The van der Waals surface area contributed by atoms with Crippen molar-refractivity contribution in [3.63, 3.8) is 0 Å². The summed E-state index contributed by atoms with van der Waals surface area (Å²) in [4.78, 5) is 2.16. The molecule has 0 saturated carbocycles. The predicted molar refractivity (Wildman–Crippen MR) is 76.1 cm³/mol. The first-order valence-corrected chi connectivity index (χ1v) is 7.92. The molecule has 0 bridgehead atoms. The van der Waals surface area contributed by atoms with Crippen LogP contribution in [0.25, 0.3) is 0 Å². The van der Waals surface area contributed by atoms with E-state index in [1.165, 1.54) is 12.1 Å². The van der Waals surface area contributed by atoms with Crippen LogP contribution in [0.4, 0.5) is 5.69 Å². The first-order valence-electron chi connectivity index (χ1n) is 6.38. The molecule has 1 aromatic rings. The normalized spacial score (nSPS) is 22.8. The van der Waals surface area contributed by atoms with E-state index in [1.807, 2.05) is 13.8 Å². The number of morpholine rings is 1. The van der Waals surface area contributed by atoms with Crippen LogP contribution in [0.1, 0.15) is 13.8 Å². The van der Waals surface area contributed by atoms with Crippen molar-refractivity contribution in [2.45, 2.75) is 30.4 Å². The number of hydrogen-bond acceptors (Lipinski definition) is 5. The van der Waals surface area contributed by atoms with Gasteiger partial charge in [0.25, 0.3) is 0 Å². The lowest BCUT2D eigenvalue weighted by Crippen LogP contribution is -2.54. The van der Waals surface area contributed by atoms with Crippen molar-refractivity contribution in [2.75, 3.05) is 24.6 Å². The van der Waals surface area contributed by atoms with E-state index >= 15 is 0 Å². The third-order valence-electron chi connectivity index (χ3n) is 3.22. The summed E-state index contributed by atoms with van der Waals surface area (Å²) in [5.74, 6) is 0. The zero-order chi connectivity index (χ0) is 15.0.